The van der Waals surface area contributed by atoms with Gasteiger partial charge in [-0.15, -0.1) is 0 Å². The lowest BCUT2D eigenvalue weighted by molar-refractivity contribution is -0.118. The number of piperidine rings is 1. The van der Waals surface area contributed by atoms with Gasteiger partial charge in [-0.2, -0.15) is 5.10 Å². The second kappa shape index (κ2) is 4.54. The molecule has 2 aliphatic heterocycles. The second-order valence-corrected chi connectivity index (χ2v) is 5.60. The molecule has 0 saturated carbocycles. The Balaban J connectivity index is 2.01. The van der Waals surface area contributed by atoms with Crippen LogP contribution in [0.1, 0.15) is 38.8 Å². The second-order valence-electron chi connectivity index (χ2n) is 5.60. The predicted molar refractivity (Wildman–Crippen MR) is 75.4 cm³/mol. The number of nitrogens with zero attached hydrogens (tertiary/aromatic N) is 3. The van der Waals surface area contributed by atoms with Gasteiger partial charge in [0.2, 0.25) is 5.91 Å². The van der Waals surface area contributed by atoms with Crippen molar-refractivity contribution >= 4 is 17.4 Å². The summed E-state index contributed by atoms with van der Waals surface area (Å²) in [6.07, 6.45) is 3.31. The van der Waals surface area contributed by atoms with Crippen LogP contribution in [-0.4, -0.2) is 28.3 Å². The number of amides is 1. The Morgan fingerprint density at radius 1 is 1.42 bits per heavy atom. The van der Waals surface area contributed by atoms with E-state index in [2.05, 4.69) is 29.2 Å². The van der Waals surface area contributed by atoms with Crippen molar-refractivity contribution in [3.05, 3.63) is 5.69 Å². The van der Waals surface area contributed by atoms with E-state index < -0.39 is 0 Å². The van der Waals surface area contributed by atoms with Crippen molar-refractivity contribution in [1.82, 2.24) is 9.78 Å². The molecule has 1 aromatic rings. The molecule has 5 nitrogen and oxygen atoms in total. The summed E-state index contributed by atoms with van der Waals surface area (Å²) in [5.41, 5.74) is 1.83. The number of carbonyl (C=O) groups is 1. The zero-order chi connectivity index (χ0) is 13.6. The van der Waals surface area contributed by atoms with Crippen LogP contribution in [0.2, 0.25) is 0 Å². The maximum absolute atomic E-state index is 12.3. The molecule has 0 radical (unpaired) electrons. The Morgan fingerprint density at radius 3 is 2.89 bits per heavy atom. The fourth-order valence-corrected chi connectivity index (χ4v) is 3.35. The van der Waals surface area contributed by atoms with Gasteiger partial charge < -0.3 is 10.2 Å². The average molecular weight is 262 g/mol. The molecule has 2 aliphatic rings. The van der Waals surface area contributed by atoms with Crippen LogP contribution < -0.4 is 10.2 Å². The normalized spacial score (nSPS) is 25.8. The van der Waals surface area contributed by atoms with Crippen LogP contribution in [0.4, 0.5) is 11.5 Å². The molecule has 19 heavy (non-hydrogen) atoms. The third-order valence-electron chi connectivity index (χ3n) is 4.51. The van der Waals surface area contributed by atoms with Crippen molar-refractivity contribution in [3.63, 3.8) is 0 Å². The molecule has 1 fully saturated rings. The van der Waals surface area contributed by atoms with E-state index in [1.807, 2.05) is 11.6 Å². The fraction of sp³-hybridized carbons (Fsp3) is 0.714. The first-order valence-electron chi connectivity index (χ1n) is 7.30. The van der Waals surface area contributed by atoms with Crippen LogP contribution in [0, 0.1) is 12.8 Å². The smallest absolute Gasteiger partial charge is 0.247 e. The molecule has 3 rings (SSSR count). The van der Waals surface area contributed by atoms with Gasteiger partial charge in [-0.05, 0) is 32.6 Å². The van der Waals surface area contributed by atoms with Gasteiger partial charge in [-0.1, -0.05) is 13.3 Å². The number of anilines is 2. The van der Waals surface area contributed by atoms with Crippen molar-refractivity contribution in [2.45, 2.75) is 52.6 Å². The van der Waals surface area contributed by atoms with E-state index in [0.717, 1.165) is 43.1 Å². The number of hydrogen-bond acceptors (Lipinski definition) is 3. The van der Waals surface area contributed by atoms with Gasteiger partial charge in [0.15, 0.2) is 5.82 Å². The van der Waals surface area contributed by atoms with Gasteiger partial charge in [-0.3, -0.25) is 4.79 Å². The lowest BCUT2D eigenvalue weighted by Crippen LogP contribution is -2.53. The number of hydrogen-bond donors (Lipinski definition) is 1. The monoisotopic (exact) mass is 262 g/mol. The van der Waals surface area contributed by atoms with E-state index >= 15 is 0 Å². The molecular formula is C14H22N4O. The Labute approximate surface area is 114 Å². The summed E-state index contributed by atoms with van der Waals surface area (Å²) >= 11 is 0. The van der Waals surface area contributed by atoms with Crippen molar-refractivity contribution < 1.29 is 4.79 Å². The summed E-state index contributed by atoms with van der Waals surface area (Å²) in [6.45, 7) is 8.08. The maximum atomic E-state index is 12.3. The summed E-state index contributed by atoms with van der Waals surface area (Å²) in [6, 6.07) is -0.00685. The fourth-order valence-electron chi connectivity index (χ4n) is 3.35. The Kier molecular flexibility index (Phi) is 2.99. The van der Waals surface area contributed by atoms with Gasteiger partial charge in [0.1, 0.15) is 11.7 Å². The molecule has 0 bridgehead atoms. The van der Waals surface area contributed by atoms with Gasteiger partial charge in [0.25, 0.3) is 0 Å². The van der Waals surface area contributed by atoms with Crippen LogP contribution in [0.5, 0.6) is 0 Å². The SMILES string of the molecule is CCC1CCN2c3c(c(C)nn3CC)NC(=O)C2C1. The van der Waals surface area contributed by atoms with Gasteiger partial charge in [0.05, 0.1) is 5.69 Å². The van der Waals surface area contributed by atoms with E-state index in [0.29, 0.717) is 5.92 Å². The van der Waals surface area contributed by atoms with E-state index in [1.165, 1.54) is 6.42 Å². The highest BCUT2D eigenvalue weighted by molar-refractivity contribution is 6.03. The highest BCUT2D eigenvalue weighted by atomic mass is 16.2. The topological polar surface area (TPSA) is 50.2 Å². The van der Waals surface area contributed by atoms with Crippen LogP contribution in [-0.2, 0) is 11.3 Å². The first kappa shape index (κ1) is 12.5. The molecule has 1 amide bonds. The Hall–Kier alpha value is -1.52. The third-order valence-corrected chi connectivity index (χ3v) is 4.51. The highest BCUT2D eigenvalue weighted by Crippen LogP contribution is 2.39. The van der Waals surface area contributed by atoms with Crippen molar-refractivity contribution in [2.24, 2.45) is 5.92 Å². The average Bonchev–Trinajstić information content (AvgIpc) is 2.75. The van der Waals surface area contributed by atoms with Crippen molar-refractivity contribution in [3.8, 4) is 0 Å². The lowest BCUT2D eigenvalue weighted by atomic mass is 9.87. The first-order chi connectivity index (χ1) is 9.15. The Morgan fingerprint density at radius 2 is 2.21 bits per heavy atom. The molecule has 1 aromatic heterocycles. The largest absolute Gasteiger partial charge is 0.343 e. The molecule has 2 atom stereocenters. The molecule has 0 aromatic carbocycles. The van der Waals surface area contributed by atoms with Gasteiger partial charge in [0, 0.05) is 13.1 Å². The molecule has 2 unspecified atom stereocenters. The van der Waals surface area contributed by atoms with Crippen LogP contribution in [0.3, 0.4) is 0 Å². The molecule has 3 heterocycles. The molecule has 104 valence electrons. The van der Waals surface area contributed by atoms with Crippen molar-refractivity contribution in [2.75, 3.05) is 16.8 Å². The van der Waals surface area contributed by atoms with Crippen LogP contribution in [0.25, 0.3) is 0 Å². The molecule has 0 spiro atoms. The number of nitrogens with one attached hydrogen (secondary N) is 1. The molecule has 1 saturated heterocycles. The van der Waals surface area contributed by atoms with Crippen LogP contribution >= 0.6 is 0 Å². The number of aryl methyl sites for hydroxylation is 2. The van der Waals surface area contributed by atoms with Crippen molar-refractivity contribution in [1.29, 1.82) is 0 Å². The van der Waals surface area contributed by atoms with E-state index in [1.54, 1.807) is 0 Å². The number of aromatic nitrogens is 2. The predicted octanol–water partition coefficient (Wildman–Crippen LogP) is 2.16. The quantitative estimate of drug-likeness (QED) is 0.888. The Bertz CT molecular complexity index is 508. The third kappa shape index (κ3) is 1.83. The summed E-state index contributed by atoms with van der Waals surface area (Å²) < 4.78 is 2.02. The zero-order valence-corrected chi connectivity index (χ0v) is 11.9. The zero-order valence-electron chi connectivity index (χ0n) is 11.9. The minimum absolute atomic E-state index is 0.00685. The summed E-state index contributed by atoms with van der Waals surface area (Å²) in [4.78, 5) is 14.6. The summed E-state index contributed by atoms with van der Waals surface area (Å²) in [5, 5.41) is 7.60. The minimum Gasteiger partial charge on any atom is -0.343 e. The maximum Gasteiger partial charge on any atom is 0.247 e. The number of fused-ring (bicyclic) bond motifs is 3. The number of carbonyl (C=O) groups excluding carboxylic acids is 1. The van der Waals surface area contributed by atoms with E-state index in [4.69, 9.17) is 0 Å². The van der Waals surface area contributed by atoms with Crippen LogP contribution in [0.15, 0.2) is 0 Å². The first-order valence-corrected chi connectivity index (χ1v) is 7.30. The standard InChI is InChI=1S/C14H22N4O/c1-4-10-6-7-17-11(8-10)13(19)15-12-9(3)16-18(5-2)14(12)17/h10-11H,4-8H2,1-3H3,(H,15,19). The van der Waals surface area contributed by atoms with E-state index in [-0.39, 0.29) is 11.9 Å². The highest BCUT2D eigenvalue weighted by Gasteiger charge is 2.40. The minimum atomic E-state index is -0.00685. The van der Waals surface area contributed by atoms with Gasteiger partial charge in [-0.25, -0.2) is 4.68 Å². The molecule has 1 N–H and O–H groups in total. The molecular weight excluding hydrogens is 240 g/mol. The van der Waals surface area contributed by atoms with Gasteiger partial charge >= 0.3 is 0 Å². The van der Waals surface area contributed by atoms with E-state index in [9.17, 15) is 4.79 Å². The molecule has 0 aliphatic carbocycles. The summed E-state index contributed by atoms with van der Waals surface area (Å²) in [5.74, 6) is 1.93. The lowest BCUT2D eigenvalue weighted by Gasteiger charge is -2.42. The molecule has 5 heteroatoms. The number of rotatable bonds is 2. The summed E-state index contributed by atoms with van der Waals surface area (Å²) in [7, 11) is 0.